The lowest BCUT2D eigenvalue weighted by Gasteiger charge is -2.25. The van der Waals surface area contributed by atoms with Crippen LogP contribution in [0, 0.1) is 5.92 Å². The van der Waals surface area contributed by atoms with Gasteiger partial charge in [0.2, 0.25) is 0 Å². The van der Waals surface area contributed by atoms with Crippen molar-refractivity contribution >= 4 is 0 Å². The second-order valence-corrected chi connectivity index (χ2v) is 5.71. The van der Waals surface area contributed by atoms with Crippen molar-refractivity contribution in [3.05, 3.63) is 0 Å². The van der Waals surface area contributed by atoms with Crippen LogP contribution in [0.1, 0.15) is 57.8 Å². The second-order valence-electron chi connectivity index (χ2n) is 5.71. The van der Waals surface area contributed by atoms with Gasteiger partial charge in [-0.05, 0) is 38.3 Å². The average Bonchev–Trinajstić information content (AvgIpc) is 2.60. The van der Waals surface area contributed by atoms with Crippen LogP contribution in [0.5, 0.6) is 0 Å². The van der Waals surface area contributed by atoms with Gasteiger partial charge in [-0.25, -0.2) is 0 Å². The van der Waals surface area contributed by atoms with Gasteiger partial charge in [0.15, 0.2) is 0 Å². The number of rotatable bonds is 4. The molecule has 2 rings (SSSR count). The fraction of sp³-hybridized carbons (Fsp3) is 1.00. The van der Waals surface area contributed by atoms with E-state index in [9.17, 15) is 0 Å². The Morgan fingerprint density at radius 3 is 2.38 bits per heavy atom. The molecular formula is C14H28N2. The van der Waals surface area contributed by atoms with Crippen LogP contribution in [0.15, 0.2) is 0 Å². The third-order valence-electron chi connectivity index (χ3n) is 4.57. The molecule has 2 fully saturated rings. The summed E-state index contributed by atoms with van der Waals surface area (Å²) in [4.78, 5) is 2.64. The highest BCUT2D eigenvalue weighted by molar-refractivity contribution is 4.80. The number of nitrogens with zero attached hydrogens (tertiary/aromatic N) is 1. The summed E-state index contributed by atoms with van der Waals surface area (Å²) in [7, 11) is 0. The molecule has 1 heterocycles. The predicted molar refractivity (Wildman–Crippen MR) is 69.5 cm³/mol. The molecule has 1 aliphatic carbocycles. The Morgan fingerprint density at radius 2 is 1.69 bits per heavy atom. The molecule has 0 amide bonds. The maximum absolute atomic E-state index is 5.82. The Balaban J connectivity index is 1.69. The molecular weight excluding hydrogens is 196 g/mol. The van der Waals surface area contributed by atoms with E-state index in [1.165, 1.54) is 70.9 Å². The fourth-order valence-corrected chi connectivity index (χ4v) is 3.46. The zero-order valence-electron chi connectivity index (χ0n) is 10.7. The highest BCUT2D eigenvalue weighted by atomic mass is 15.2. The van der Waals surface area contributed by atoms with E-state index in [2.05, 4.69) is 4.90 Å². The average molecular weight is 224 g/mol. The first-order chi connectivity index (χ1) is 7.90. The summed E-state index contributed by atoms with van der Waals surface area (Å²) in [6.07, 6.45) is 13.0. The molecule has 2 aliphatic rings. The third-order valence-corrected chi connectivity index (χ3v) is 4.57. The molecule has 0 spiro atoms. The minimum absolute atomic E-state index is 0.700. The van der Waals surface area contributed by atoms with Crippen LogP contribution in [0.25, 0.3) is 0 Å². The first-order valence-corrected chi connectivity index (χ1v) is 7.34. The number of hydrogen-bond donors (Lipinski definition) is 1. The minimum Gasteiger partial charge on any atom is -0.329 e. The second kappa shape index (κ2) is 6.61. The van der Waals surface area contributed by atoms with Crippen molar-refractivity contribution in [3.8, 4) is 0 Å². The molecule has 16 heavy (non-hydrogen) atoms. The standard InChI is InChI=1S/C14H28N2/c15-12-14-8-5-10-16(14)11-9-13-6-3-1-2-4-7-13/h13-14H,1-12,15H2. The van der Waals surface area contributed by atoms with E-state index in [4.69, 9.17) is 5.73 Å². The Morgan fingerprint density at radius 1 is 0.938 bits per heavy atom. The van der Waals surface area contributed by atoms with Crippen LogP contribution in [-0.2, 0) is 0 Å². The summed E-state index contributed by atoms with van der Waals surface area (Å²) in [5.74, 6) is 1.02. The summed E-state index contributed by atoms with van der Waals surface area (Å²) in [5, 5.41) is 0. The number of nitrogens with two attached hydrogens (primary N) is 1. The van der Waals surface area contributed by atoms with E-state index in [1.54, 1.807) is 0 Å². The summed E-state index contributed by atoms with van der Waals surface area (Å²) in [6, 6.07) is 0.700. The molecule has 0 aromatic heterocycles. The quantitative estimate of drug-likeness (QED) is 0.744. The van der Waals surface area contributed by atoms with Crippen LogP contribution >= 0.6 is 0 Å². The van der Waals surface area contributed by atoms with Gasteiger partial charge in [0.25, 0.3) is 0 Å². The van der Waals surface area contributed by atoms with Crippen molar-refractivity contribution in [1.82, 2.24) is 4.90 Å². The van der Waals surface area contributed by atoms with Crippen molar-refractivity contribution in [3.63, 3.8) is 0 Å². The van der Waals surface area contributed by atoms with Gasteiger partial charge in [-0.2, -0.15) is 0 Å². The summed E-state index contributed by atoms with van der Waals surface area (Å²) < 4.78 is 0. The topological polar surface area (TPSA) is 29.3 Å². The van der Waals surface area contributed by atoms with Gasteiger partial charge in [-0.15, -0.1) is 0 Å². The lowest BCUT2D eigenvalue weighted by Crippen LogP contribution is -2.36. The predicted octanol–water partition coefficient (Wildman–Crippen LogP) is 2.77. The van der Waals surface area contributed by atoms with Gasteiger partial charge in [-0.3, -0.25) is 4.90 Å². The minimum atomic E-state index is 0.700. The van der Waals surface area contributed by atoms with Gasteiger partial charge in [-0.1, -0.05) is 38.5 Å². The van der Waals surface area contributed by atoms with Gasteiger partial charge >= 0.3 is 0 Å². The Hall–Kier alpha value is -0.0800. The molecule has 1 saturated carbocycles. The molecule has 0 radical (unpaired) electrons. The lowest BCUT2D eigenvalue weighted by molar-refractivity contribution is 0.232. The maximum Gasteiger partial charge on any atom is 0.0218 e. The zero-order chi connectivity index (χ0) is 11.2. The van der Waals surface area contributed by atoms with E-state index in [0.29, 0.717) is 6.04 Å². The van der Waals surface area contributed by atoms with E-state index in [-0.39, 0.29) is 0 Å². The maximum atomic E-state index is 5.82. The summed E-state index contributed by atoms with van der Waals surface area (Å²) in [6.45, 7) is 3.48. The molecule has 1 aliphatic heterocycles. The molecule has 0 aromatic rings. The van der Waals surface area contributed by atoms with E-state index < -0.39 is 0 Å². The van der Waals surface area contributed by atoms with E-state index in [0.717, 1.165) is 12.5 Å². The highest BCUT2D eigenvalue weighted by Gasteiger charge is 2.23. The van der Waals surface area contributed by atoms with Crippen molar-refractivity contribution in [2.24, 2.45) is 11.7 Å². The van der Waals surface area contributed by atoms with Crippen LogP contribution in [-0.4, -0.2) is 30.6 Å². The van der Waals surface area contributed by atoms with Gasteiger partial charge in [0, 0.05) is 12.6 Å². The monoisotopic (exact) mass is 224 g/mol. The first-order valence-electron chi connectivity index (χ1n) is 7.34. The summed E-state index contributed by atoms with van der Waals surface area (Å²) >= 11 is 0. The van der Waals surface area contributed by atoms with Gasteiger partial charge < -0.3 is 5.73 Å². The molecule has 2 heteroatoms. The van der Waals surface area contributed by atoms with Crippen LogP contribution in [0.3, 0.4) is 0 Å². The third kappa shape index (κ3) is 3.46. The fourth-order valence-electron chi connectivity index (χ4n) is 3.46. The van der Waals surface area contributed by atoms with Crippen LogP contribution in [0.2, 0.25) is 0 Å². The van der Waals surface area contributed by atoms with Gasteiger partial charge in [0.05, 0.1) is 0 Å². The smallest absolute Gasteiger partial charge is 0.0218 e. The molecule has 0 aromatic carbocycles. The first kappa shape index (κ1) is 12.4. The van der Waals surface area contributed by atoms with Crippen LogP contribution in [0.4, 0.5) is 0 Å². The molecule has 1 saturated heterocycles. The Labute approximate surface area is 101 Å². The molecule has 2 N–H and O–H groups in total. The van der Waals surface area contributed by atoms with Crippen LogP contribution < -0.4 is 5.73 Å². The number of hydrogen-bond acceptors (Lipinski definition) is 2. The van der Waals surface area contributed by atoms with Crippen molar-refractivity contribution in [2.75, 3.05) is 19.6 Å². The van der Waals surface area contributed by atoms with Crippen molar-refractivity contribution in [1.29, 1.82) is 0 Å². The normalized spacial score (nSPS) is 29.4. The zero-order valence-corrected chi connectivity index (χ0v) is 10.7. The van der Waals surface area contributed by atoms with E-state index in [1.807, 2.05) is 0 Å². The Kier molecular flexibility index (Phi) is 5.11. The summed E-state index contributed by atoms with van der Waals surface area (Å²) in [5.41, 5.74) is 5.82. The SMILES string of the molecule is NCC1CCCN1CCC1CCCCCC1. The molecule has 0 bridgehead atoms. The van der Waals surface area contributed by atoms with Crippen molar-refractivity contribution < 1.29 is 0 Å². The Bertz CT molecular complexity index is 185. The van der Waals surface area contributed by atoms with E-state index >= 15 is 0 Å². The van der Waals surface area contributed by atoms with Gasteiger partial charge in [0.1, 0.15) is 0 Å². The molecule has 1 atom stereocenters. The molecule has 1 unspecified atom stereocenters. The molecule has 2 nitrogen and oxygen atoms in total. The highest BCUT2D eigenvalue weighted by Crippen LogP contribution is 2.26. The molecule has 94 valence electrons. The number of likely N-dealkylation sites (tertiary alicyclic amines) is 1. The van der Waals surface area contributed by atoms with Crippen molar-refractivity contribution in [2.45, 2.75) is 63.8 Å². The lowest BCUT2D eigenvalue weighted by atomic mass is 9.96. The largest absolute Gasteiger partial charge is 0.329 e.